The molecule has 1 saturated heterocycles. The number of amides is 2. The fourth-order valence-corrected chi connectivity index (χ4v) is 3.36. The van der Waals surface area contributed by atoms with E-state index < -0.39 is 5.91 Å². The van der Waals surface area contributed by atoms with Gasteiger partial charge in [-0.05, 0) is 48.7 Å². The largest absolute Gasteiger partial charge is 0.459 e. The van der Waals surface area contributed by atoms with Crippen molar-refractivity contribution >= 4 is 17.9 Å². The molecule has 2 aromatic rings. The van der Waals surface area contributed by atoms with E-state index in [0.717, 1.165) is 31.2 Å². The maximum atomic E-state index is 13.2. The minimum absolute atomic E-state index is 0.153. The van der Waals surface area contributed by atoms with Crippen LogP contribution < -0.4 is 14.8 Å². The zero-order valence-electron chi connectivity index (χ0n) is 15.5. The van der Waals surface area contributed by atoms with Gasteiger partial charge in [-0.1, -0.05) is 18.9 Å². The summed E-state index contributed by atoms with van der Waals surface area (Å²) < 4.78 is 15.9. The van der Waals surface area contributed by atoms with Crippen molar-refractivity contribution in [2.75, 3.05) is 19.9 Å². The van der Waals surface area contributed by atoms with E-state index in [2.05, 4.69) is 5.32 Å². The first-order chi connectivity index (χ1) is 13.7. The predicted molar refractivity (Wildman–Crippen MR) is 102 cm³/mol. The van der Waals surface area contributed by atoms with Gasteiger partial charge in [0.05, 0.1) is 6.26 Å². The monoisotopic (exact) mass is 382 g/mol. The molecule has 7 nitrogen and oxygen atoms in total. The summed E-state index contributed by atoms with van der Waals surface area (Å²) in [5.41, 5.74) is 0.948. The van der Waals surface area contributed by atoms with Gasteiger partial charge in [0, 0.05) is 13.1 Å². The third kappa shape index (κ3) is 4.03. The van der Waals surface area contributed by atoms with Crippen molar-refractivity contribution < 1.29 is 23.5 Å². The lowest BCUT2D eigenvalue weighted by atomic mass is 10.1. The smallest absolute Gasteiger partial charge is 0.291 e. The van der Waals surface area contributed by atoms with Crippen molar-refractivity contribution in [2.45, 2.75) is 25.7 Å². The zero-order chi connectivity index (χ0) is 19.3. The van der Waals surface area contributed by atoms with Gasteiger partial charge in [-0.25, -0.2) is 0 Å². The first kappa shape index (κ1) is 18.2. The maximum Gasteiger partial charge on any atom is 0.291 e. The number of fused-ring (bicyclic) bond motifs is 1. The molecule has 146 valence electrons. The molecule has 0 unspecified atom stereocenters. The van der Waals surface area contributed by atoms with Crippen LogP contribution in [0.2, 0.25) is 0 Å². The molecule has 0 aliphatic carbocycles. The van der Waals surface area contributed by atoms with Crippen LogP contribution in [0.4, 0.5) is 0 Å². The molecule has 2 aliphatic heterocycles. The summed E-state index contributed by atoms with van der Waals surface area (Å²) in [5, 5.41) is 2.72. The van der Waals surface area contributed by atoms with E-state index in [4.69, 9.17) is 13.9 Å². The molecule has 1 N–H and O–H groups in total. The SMILES string of the molecule is O=C(NC(=Cc1ccc2c(c1)OCO2)C(=O)N1CCCCCC1)c1ccco1. The average molecular weight is 382 g/mol. The Morgan fingerprint density at radius 3 is 2.54 bits per heavy atom. The summed E-state index contributed by atoms with van der Waals surface area (Å²) in [6.07, 6.45) is 7.25. The van der Waals surface area contributed by atoms with Crippen LogP contribution >= 0.6 is 0 Å². The van der Waals surface area contributed by atoms with E-state index in [9.17, 15) is 9.59 Å². The molecule has 7 heteroatoms. The summed E-state index contributed by atoms with van der Waals surface area (Å²) in [5.74, 6) is 0.782. The van der Waals surface area contributed by atoms with E-state index >= 15 is 0 Å². The molecule has 0 radical (unpaired) electrons. The number of carbonyl (C=O) groups excluding carboxylic acids is 2. The van der Waals surface area contributed by atoms with Gasteiger partial charge in [-0.3, -0.25) is 9.59 Å². The van der Waals surface area contributed by atoms with Crippen LogP contribution in [0, 0.1) is 0 Å². The molecule has 0 saturated carbocycles. The van der Waals surface area contributed by atoms with E-state index in [1.807, 2.05) is 6.07 Å². The quantitative estimate of drug-likeness (QED) is 0.822. The fourth-order valence-electron chi connectivity index (χ4n) is 3.36. The molecule has 0 bridgehead atoms. The number of hydrogen-bond donors (Lipinski definition) is 1. The Balaban J connectivity index is 1.62. The zero-order valence-corrected chi connectivity index (χ0v) is 15.5. The van der Waals surface area contributed by atoms with Crippen molar-refractivity contribution in [1.29, 1.82) is 0 Å². The summed E-state index contributed by atoms with van der Waals surface area (Å²) in [4.78, 5) is 27.4. The fraction of sp³-hybridized carbons (Fsp3) is 0.333. The molecular weight excluding hydrogens is 360 g/mol. The first-order valence-electron chi connectivity index (χ1n) is 9.46. The van der Waals surface area contributed by atoms with Gasteiger partial charge in [0.1, 0.15) is 5.70 Å². The lowest BCUT2D eigenvalue weighted by Gasteiger charge is -2.22. The minimum atomic E-state index is -0.458. The third-order valence-corrected chi connectivity index (χ3v) is 4.82. The predicted octanol–water partition coefficient (Wildman–Crippen LogP) is 3.18. The van der Waals surface area contributed by atoms with Crippen LogP contribution in [0.15, 0.2) is 46.7 Å². The van der Waals surface area contributed by atoms with E-state index in [1.54, 1.807) is 35.2 Å². The first-order valence-corrected chi connectivity index (χ1v) is 9.46. The Hall–Kier alpha value is -3.22. The highest BCUT2D eigenvalue weighted by atomic mass is 16.7. The van der Waals surface area contributed by atoms with Gasteiger partial charge < -0.3 is 24.1 Å². The van der Waals surface area contributed by atoms with Crippen molar-refractivity contribution in [2.24, 2.45) is 0 Å². The average Bonchev–Trinajstić information content (AvgIpc) is 3.33. The summed E-state index contributed by atoms with van der Waals surface area (Å²) in [6, 6.07) is 8.59. The van der Waals surface area contributed by atoms with Gasteiger partial charge in [0.2, 0.25) is 6.79 Å². The summed E-state index contributed by atoms with van der Waals surface area (Å²) >= 11 is 0. The number of nitrogens with one attached hydrogen (secondary N) is 1. The van der Waals surface area contributed by atoms with Crippen molar-refractivity contribution in [3.05, 3.63) is 53.6 Å². The van der Waals surface area contributed by atoms with Crippen molar-refractivity contribution in [3.63, 3.8) is 0 Å². The van der Waals surface area contributed by atoms with Crippen LogP contribution in [0.1, 0.15) is 41.8 Å². The van der Waals surface area contributed by atoms with E-state index in [0.29, 0.717) is 24.6 Å². The Kier molecular flexibility index (Phi) is 5.32. The van der Waals surface area contributed by atoms with Gasteiger partial charge >= 0.3 is 0 Å². The van der Waals surface area contributed by atoms with Crippen LogP contribution in [0.3, 0.4) is 0 Å². The van der Waals surface area contributed by atoms with Gasteiger partial charge in [-0.2, -0.15) is 0 Å². The standard InChI is InChI=1S/C21H22N2O5/c24-20(18-6-5-11-26-18)22-16(21(25)23-9-3-1-2-4-10-23)12-15-7-8-17-19(13-15)28-14-27-17/h5-8,11-13H,1-4,9-10,14H2,(H,22,24). The Morgan fingerprint density at radius 2 is 1.79 bits per heavy atom. The molecular formula is C21H22N2O5. The number of ether oxygens (including phenoxy) is 2. The lowest BCUT2D eigenvalue weighted by molar-refractivity contribution is -0.127. The highest BCUT2D eigenvalue weighted by molar-refractivity contribution is 6.04. The second kappa shape index (κ2) is 8.21. The molecule has 3 heterocycles. The van der Waals surface area contributed by atoms with Gasteiger partial charge in [-0.15, -0.1) is 0 Å². The summed E-state index contributed by atoms with van der Waals surface area (Å²) in [6.45, 7) is 1.55. The Morgan fingerprint density at radius 1 is 1.00 bits per heavy atom. The molecule has 1 aromatic heterocycles. The van der Waals surface area contributed by atoms with Gasteiger partial charge in [0.15, 0.2) is 17.3 Å². The maximum absolute atomic E-state index is 13.2. The number of hydrogen-bond acceptors (Lipinski definition) is 5. The second-order valence-electron chi connectivity index (χ2n) is 6.81. The van der Waals surface area contributed by atoms with Crippen molar-refractivity contribution in [3.8, 4) is 11.5 Å². The number of nitrogens with zero attached hydrogens (tertiary/aromatic N) is 1. The molecule has 4 rings (SSSR count). The Bertz CT molecular complexity index is 880. The van der Waals surface area contributed by atoms with Crippen LogP contribution in [0.25, 0.3) is 6.08 Å². The van der Waals surface area contributed by atoms with E-state index in [1.165, 1.54) is 6.26 Å². The number of carbonyl (C=O) groups is 2. The molecule has 0 spiro atoms. The number of rotatable bonds is 4. The number of benzene rings is 1. The molecule has 28 heavy (non-hydrogen) atoms. The highest BCUT2D eigenvalue weighted by Gasteiger charge is 2.23. The normalized spacial score (nSPS) is 16.6. The molecule has 1 aromatic carbocycles. The summed E-state index contributed by atoms with van der Waals surface area (Å²) in [7, 11) is 0. The van der Waals surface area contributed by atoms with Crippen molar-refractivity contribution in [1.82, 2.24) is 10.2 Å². The highest BCUT2D eigenvalue weighted by Crippen LogP contribution is 2.33. The molecule has 2 amide bonds. The second-order valence-corrected chi connectivity index (χ2v) is 6.81. The third-order valence-electron chi connectivity index (χ3n) is 4.82. The topological polar surface area (TPSA) is 81.0 Å². The van der Waals surface area contributed by atoms with Crippen LogP contribution in [0.5, 0.6) is 11.5 Å². The van der Waals surface area contributed by atoms with Crippen LogP contribution in [-0.2, 0) is 4.79 Å². The molecule has 0 atom stereocenters. The molecule has 2 aliphatic rings. The number of furan rings is 1. The van der Waals surface area contributed by atoms with Crippen LogP contribution in [-0.4, -0.2) is 36.6 Å². The number of likely N-dealkylation sites (tertiary alicyclic amines) is 1. The van der Waals surface area contributed by atoms with Gasteiger partial charge in [0.25, 0.3) is 11.8 Å². The Labute approximate surface area is 162 Å². The minimum Gasteiger partial charge on any atom is -0.459 e. The van der Waals surface area contributed by atoms with E-state index in [-0.39, 0.29) is 24.2 Å². The molecule has 1 fully saturated rings. The lowest BCUT2D eigenvalue weighted by Crippen LogP contribution is -2.38.